The molecule has 0 aliphatic heterocycles. The van der Waals surface area contributed by atoms with E-state index in [-0.39, 0.29) is 23.0 Å². The van der Waals surface area contributed by atoms with Crippen LogP contribution in [0.3, 0.4) is 0 Å². The zero-order valence-electron chi connectivity index (χ0n) is 18.1. The van der Waals surface area contributed by atoms with Gasteiger partial charge in [0, 0.05) is 6.07 Å². The van der Waals surface area contributed by atoms with E-state index < -0.39 is 0 Å². The highest BCUT2D eigenvalue weighted by Gasteiger charge is 2.09. The predicted octanol–water partition coefficient (Wildman–Crippen LogP) is 5.87. The van der Waals surface area contributed by atoms with Crippen molar-refractivity contribution in [2.45, 2.75) is 25.7 Å². The van der Waals surface area contributed by atoms with Crippen molar-refractivity contribution in [3.8, 4) is 34.5 Å². The second-order valence-corrected chi connectivity index (χ2v) is 8.08. The van der Waals surface area contributed by atoms with Crippen LogP contribution >= 0.6 is 0 Å². The van der Waals surface area contributed by atoms with E-state index >= 15 is 0 Å². The standard InChI is InChI=1S/C28H26O5/c29-23-11-8-19(9-12-23)4-7-22-15-25(31)18-26(16-22)33-28-13-10-21(17-27(28)32)6-5-20-2-1-3-24(30)14-20/h1-3,8-18,29-32H,4-7H2. The summed E-state index contributed by atoms with van der Waals surface area (Å²) in [6, 6.07) is 24.5. The normalized spacial score (nSPS) is 10.8. The van der Waals surface area contributed by atoms with Gasteiger partial charge in [-0.25, -0.2) is 0 Å². The lowest BCUT2D eigenvalue weighted by Crippen LogP contribution is -1.94. The van der Waals surface area contributed by atoms with Gasteiger partial charge >= 0.3 is 0 Å². The molecule has 0 heterocycles. The summed E-state index contributed by atoms with van der Waals surface area (Å²) in [7, 11) is 0. The summed E-state index contributed by atoms with van der Waals surface area (Å²) in [6.45, 7) is 0. The van der Waals surface area contributed by atoms with E-state index in [2.05, 4.69) is 0 Å². The van der Waals surface area contributed by atoms with Gasteiger partial charge in [-0.2, -0.15) is 0 Å². The molecule has 0 aliphatic carbocycles. The molecule has 4 aromatic carbocycles. The zero-order chi connectivity index (χ0) is 23.2. The van der Waals surface area contributed by atoms with Gasteiger partial charge in [-0.1, -0.05) is 30.3 Å². The zero-order valence-corrected chi connectivity index (χ0v) is 18.1. The lowest BCUT2D eigenvalue weighted by Gasteiger charge is -2.12. The van der Waals surface area contributed by atoms with Crippen LogP contribution in [0, 0.1) is 0 Å². The number of phenols is 4. The quantitative estimate of drug-likeness (QED) is 0.274. The molecule has 0 spiro atoms. The fourth-order valence-corrected chi connectivity index (χ4v) is 3.73. The highest BCUT2D eigenvalue weighted by Crippen LogP contribution is 2.34. The monoisotopic (exact) mass is 442 g/mol. The number of benzene rings is 4. The van der Waals surface area contributed by atoms with E-state index in [1.54, 1.807) is 42.5 Å². The number of hydrogen-bond donors (Lipinski definition) is 4. The molecule has 5 nitrogen and oxygen atoms in total. The van der Waals surface area contributed by atoms with Crippen LogP contribution in [-0.4, -0.2) is 20.4 Å². The average Bonchev–Trinajstić information content (AvgIpc) is 2.79. The summed E-state index contributed by atoms with van der Waals surface area (Å²) in [6.07, 6.45) is 2.90. The van der Waals surface area contributed by atoms with E-state index in [0.29, 0.717) is 24.3 Å². The van der Waals surface area contributed by atoms with Gasteiger partial charge in [-0.15, -0.1) is 0 Å². The van der Waals surface area contributed by atoms with E-state index in [1.807, 2.05) is 36.4 Å². The minimum atomic E-state index is 0.0254. The summed E-state index contributed by atoms with van der Waals surface area (Å²) in [5.74, 6) is 1.35. The fourth-order valence-electron chi connectivity index (χ4n) is 3.73. The van der Waals surface area contributed by atoms with Crippen molar-refractivity contribution in [3.05, 3.63) is 107 Å². The third kappa shape index (κ3) is 6.20. The van der Waals surface area contributed by atoms with Crippen molar-refractivity contribution in [1.82, 2.24) is 0 Å². The molecule has 4 rings (SSSR count). The Balaban J connectivity index is 1.40. The number of hydrogen-bond acceptors (Lipinski definition) is 5. The number of aryl methyl sites for hydroxylation is 4. The number of rotatable bonds is 8. The second kappa shape index (κ2) is 10.0. The molecule has 5 heteroatoms. The molecule has 4 aromatic rings. The maximum Gasteiger partial charge on any atom is 0.169 e. The first-order chi connectivity index (χ1) is 15.9. The minimum Gasteiger partial charge on any atom is -0.508 e. The highest BCUT2D eigenvalue weighted by molar-refractivity contribution is 5.47. The van der Waals surface area contributed by atoms with Gasteiger partial charge in [-0.05, 0) is 96.5 Å². The Morgan fingerprint density at radius 1 is 0.485 bits per heavy atom. The first-order valence-corrected chi connectivity index (χ1v) is 10.8. The summed E-state index contributed by atoms with van der Waals surface area (Å²) in [5.41, 5.74) is 3.96. The van der Waals surface area contributed by atoms with Crippen molar-refractivity contribution < 1.29 is 25.2 Å². The van der Waals surface area contributed by atoms with Gasteiger partial charge in [0.2, 0.25) is 0 Å². The van der Waals surface area contributed by atoms with Crippen molar-refractivity contribution >= 4 is 0 Å². The van der Waals surface area contributed by atoms with E-state index in [0.717, 1.165) is 35.1 Å². The largest absolute Gasteiger partial charge is 0.508 e. The van der Waals surface area contributed by atoms with Gasteiger partial charge in [0.1, 0.15) is 23.0 Å². The smallest absolute Gasteiger partial charge is 0.169 e. The van der Waals surface area contributed by atoms with E-state index in [9.17, 15) is 20.4 Å². The lowest BCUT2D eigenvalue weighted by molar-refractivity contribution is 0.406. The number of phenolic OH excluding ortho intramolecular Hbond substituents is 4. The van der Waals surface area contributed by atoms with Crippen molar-refractivity contribution in [1.29, 1.82) is 0 Å². The molecule has 0 radical (unpaired) electrons. The van der Waals surface area contributed by atoms with Gasteiger partial charge in [0.05, 0.1) is 0 Å². The van der Waals surface area contributed by atoms with Crippen LogP contribution in [-0.2, 0) is 25.7 Å². The SMILES string of the molecule is Oc1ccc(CCc2cc(O)cc(Oc3ccc(CCc4cccc(O)c4)cc3O)c2)cc1. The first-order valence-electron chi connectivity index (χ1n) is 10.8. The molecule has 4 N–H and O–H groups in total. The molecule has 168 valence electrons. The third-order valence-electron chi connectivity index (χ3n) is 5.45. The van der Waals surface area contributed by atoms with E-state index in [1.165, 1.54) is 6.07 Å². The van der Waals surface area contributed by atoms with Crippen LogP contribution in [0.2, 0.25) is 0 Å². The van der Waals surface area contributed by atoms with Crippen molar-refractivity contribution in [2.75, 3.05) is 0 Å². The van der Waals surface area contributed by atoms with Crippen molar-refractivity contribution in [2.24, 2.45) is 0 Å². The Morgan fingerprint density at radius 2 is 1.12 bits per heavy atom. The first kappa shape index (κ1) is 22.1. The van der Waals surface area contributed by atoms with Crippen LogP contribution < -0.4 is 4.74 Å². The maximum atomic E-state index is 10.5. The Hall–Kier alpha value is -4.12. The fraction of sp³-hybridized carbons (Fsp3) is 0.143. The number of ether oxygens (including phenoxy) is 1. The molecule has 0 amide bonds. The molecule has 0 aromatic heterocycles. The second-order valence-electron chi connectivity index (χ2n) is 8.08. The molecular weight excluding hydrogens is 416 g/mol. The molecule has 0 saturated heterocycles. The predicted molar refractivity (Wildman–Crippen MR) is 127 cm³/mol. The van der Waals surface area contributed by atoms with Gasteiger partial charge in [-0.3, -0.25) is 0 Å². The Labute approximate surface area is 192 Å². The van der Waals surface area contributed by atoms with Crippen LogP contribution in [0.25, 0.3) is 0 Å². The summed E-state index contributed by atoms with van der Waals surface area (Å²) in [5, 5.41) is 39.6. The van der Waals surface area contributed by atoms with Gasteiger partial charge in [0.25, 0.3) is 0 Å². The Kier molecular flexibility index (Phi) is 6.69. The molecule has 0 aliphatic rings. The van der Waals surface area contributed by atoms with Gasteiger partial charge in [0.15, 0.2) is 11.5 Å². The lowest BCUT2D eigenvalue weighted by atomic mass is 10.0. The third-order valence-corrected chi connectivity index (χ3v) is 5.45. The van der Waals surface area contributed by atoms with Crippen LogP contribution in [0.4, 0.5) is 0 Å². The molecule has 33 heavy (non-hydrogen) atoms. The highest BCUT2D eigenvalue weighted by atomic mass is 16.5. The van der Waals surface area contributed by atoms with Gasteiger partial charge < -0.3 is 25.2 Å². The molecule has 0 fully saturated rings. The van der Waals surface area contributed by atoms with Crippen LogP contribution in [0.5, 0.6) is 34.5 Å². The van der Waals surface area contributed by atoms with Crippen LogP contribution in [0.15, 0.2) is 84.9 Å². The Morgan fingerprint density at radius 3 is 1.85 bits per heavy atom. The summed E-state index contributed by atoms with van der Waals surface area (Å²) < 4.78 is 5.86. The minimum absolute atomic E-state index is 0.0254. The molecule has 0 unspecified atom stereocenters. The molecule has 0 saturated carbocycles. The van der Waals surface area contributed by atoms with E-state index in [4.69, 9.17) is 4.74 Å². The Bertz CT molecular complexity index is 1230. The van der Waals surface area contributed by atoms with Crippen LogP contribution in [0.1, 0.15) is 22.3 Å². The molecule has 0 bridgehead atoms. The topological polar surface area (TPSA) is 90.2 Å². The van der Waals surface area contributed by atoms with Crippen molar-refractivity contribution in [3.63, 3.8) is 0 Å². The maximum absolute atomic E-state index is 10.5. The summed E-state index contributed by atoms with van der Waals surface area (Å²) >= 11 is 0. The average molecular weight is 443 g/mol. The molecular formula is C28H26O5. The summed E-state index contributed by atoms with van der Waals surface area (Å²) in [4.78, 5) is 0. The molecule has 0 atom stereocenters. The number of aromatic hydroxyl groups is 4.